The minimum absolute atomic E-state index is 0.00727. The molecule has 0 spiro atoms. The summed E-state index contributed by atoms with van der Waals surface area (Å²) in [6, 6.07) is 0. The first kappa shape index (κ1) is 10.4. The van der Waals surface area contributed by atoms with Crippen molar-refractivity contribution in [3.05, 3.63) is 12.2 Å². The summed E-state index contributed by atoms with van der Waals surface area (Å²) in [6.07, 6.45) is 13.1. The molecule has 88 valence electrons. The number of carbonyl (C=O) groups is 1. The highest BCUT2D eigenvalue weighted by atomic mass is 16.5. The van der Waals surface area contributed by atoms with Crippen LogP contribution in [0.15, 0.2) is 12.2 Å². The summed E-state index contributed by atoms with van der Waals surface area (Å²) in [4.78, 5) is 10.9. The number of ether oxygens (including phenoxy) is 1. The molecular formula is C14H20O2. The highest BCUT2D eigenvalue weighted by molar-refractivity contribution is 5.71. The molecule has 4 atom stereocenters. The number of rotatable bonds is 4. The van der Waals surface area contributed by atoms with Gasteiger partial charge in [-0.25, -0.2) is 0 Å². The van der Waals surface area contributed by atoms with E-state index in [1.165, 1.54) is 25.7 Å². The van der Waals surface area contributed by atoms with Gasteiger partial charge in [0.15, 0.2) is 0 Å². The lowest BCUT2D eigenvalue weighted by atomic mass is 9.88. The van der Waals surface area contributed by atoms with Gasteiger partial charge in [0.05, 0.1) is 0 Å². The van der Waals surface area contributed by atoms with Crippen LogP contribution in [0.2, 0.25) is 0 Å². The molecule has 0 aromatic rings. The van der Waals surface area contributed by atoms with E-state index in [-0.39, 0.29) is 12.1 Å². The summed E-state index contributed by atoms with van der Waals surface area (Å²) < 4.78 is 5.24. The number of hydrogen-bond donors (Lipinski definition) is 0. The summed E-state index contributed by atoms with van der Waals surface area (Å²) in [5, 5.41) is 0. The predicted molar refractivity (Wildman–Crippen MR) is 61.8 cm³/mol. The fourth-order valence-corrected chi connectivity index (χ4v) is 3.62. The Balaban J connectivity index is 1.38. The van der Waals surface area contributed by atoms with Gasteiger partial charge in [-0.2, -0.15) is 0 Å². The number of hydrogen-bond acceptors (Lipinski definition) is 2. The summed E-state index contributed by atoms with van der Waals surface area (Å²) >= 11 is 0. The fraction of sp³-hybridized carbons (Fsp3) is 0.786. The lowest BCUT2D eigenvalue weighted by Crippen LogP contribution is -2.10. The van der Waals surface area contributed by atoms with Gasteiger partial charge in [-0.1, -0.05) is 12.2 Å². The second-order valence-corrected chi connectivity index (χ2v) is 5.62. The first-order valence-electron chi connectivity index (χ1n) is 6.69. The van der Waals surface area contributed by atoms with Crippen LogP contribution in [0.1, 0.15) is 44.9 Å². The van der Waals surface area contributed by atoms with Crippen molar-refractivity contribution in [1.29, 1.82) is 0 Å². The molecule has 3 rings (SSSR count). The van der Waals surface area contributed by atoms with Crippen molar-refractivity contribution in [3.63, 3.8) is 0 Å². The summed E-state index contributed by atoms with van der Waals surface area (Å²) in [6.45, 7) is 0. The molecule has 2 nitrogen and oxygen atoms in total. The molecule has 1 aliphatic heterocycles. The Bertz CT molecular complexity index is 308. The molecule has 0 aromatic heterocycles. The van der Waals surface area contributed by atoms with Gasteiger partial charge in [0.1, 0.15) is 6.10 Å². The van der Waals surface area contributed by atoms with Crippen molar-refractivity contribution in [2.24, 2.45) is 17.8 Å². The molecule has 2 aliphatic carbocycles. The van der Waals surface area contributed by atoms with Gasteiger partial charge in [-0.3, -0.25) is 4.79 Å². The average Bonchev–Trinajstić information content (AvgIpc) is 2.94. The molecule has 0 amide bonds. The quantitative estimate of drug-likeness (QED) is 0.537. The Kier molecular flexibility index (Phi) is 2.74. The molecule has 2 bridgehead atoms. The van der Waals surface area contributed by atoms with Crippen LogP contribution in [0, 0.1) is 17.8 Å². The van der Waals surface area contributed by atoms with E-state index < -0.39 is 0 Å². The van der Waals surface area contributed by atoms with Gasteiger partial charge in [-0.05, 0) is 56.3 Å². The Labute approximate surface area is 97.1 Å². The second-order valence-electron chi connectivity index (χ2n) is 5.62. The third kappa shape index (κ3) is 2.02. The first-order valence-corrected chi connectivity index (χ1v) is 6.69. The Hall–Kier alpha value is -0.790. The minimum Gasteiger partial charge on any atom is -0.462 e. The third-order valence-electron chi connectivity index (χ3n) is 4.49. The van der Waals surface area contributed by atoms with E-state index in [0.717, 1.165) is 30.6 Å². The molecule has 16 heavy (non-hydrogen) atoms. The Morgan fingerprint density at radius 1 is 1.25 bits per heavy atom. The second kappa shape index (κ2) is 4.23. The van der Waals surface area contributed by atoms with Crippen molar-refractivity contribution >= 4 is 5.97 Å². The van der Waals surface area contributed by atoms with E-state index in [2.05, 4.69) is 12.2 Å². The monoisotopic (exact) mass is 220 g/mol. The van der Waals surface area contributed by atoms with E-state index in [0.29, 0.717) is 6.42 Å². The molecule has 1 heterocycles. The van der Waals surface area contributed by atoms with Crippen molar-refractivity contribution in [1.82, 2.24) is 0 Å². The van der Waals surface area contributed by atoms with Crippen LogP contribution in [0.5, 0.6) is 0 Å². The standard InChI is InChI=1S/C14H20O2/c15-14-7-6-13(16-14)3-1-2-11-8-10-4-5-12(11)9-10/h4-5,10-13H,1-3,6-9H2. The molecule has 2 fully saturated rings. The fourth-order valence-electron chi connectivity index (χ4n) is 3.62. The lowest BCUT2D eigenvalue weighted by molar-refractivity contribution is -0.141. The maximum atomic E-state index is 10.9. The third-order valence-corrected chi connectivity index (χ3v) is 4.49. The molecule has 4 unspecified atom stereocenters. The van der Waals surface area contributed by atoms with Gasteiger partial charge in [0.25, 0.3) is 0 Å². The summed E-state index contributed by atoms with van der Waals surface area (Å²) in [7, 11) is 0. The van der Waals surface area contributed by atoms with Crippen molar-refractivity contribution < 1.29 is 9.53 Å². The highest BCUT2D eigenvalue weighted by Gasteiger charge is 2.35. The van der Waals surface area contributed by atoms with Crippen LogP contribution < -0.4 is 0 Å². The van der Waals surface area contributed by atoms with Crippen LogP contribution in [0.25, 0.3) is 0 Å². The lowest BCUT2D eigenvalue weighted by Gasteiger charge is -2.18. The van der Waals surface area contributed by atoms with Crippen molar-refractivity contribution in [3.8, 4) is 0 Å². The van der Waals surface area contributed by atoms with E-state index in [4.69, 9.17) is 4.74 Å². The van der Waals surface area contributed by atoms with Crippen LogP contribution in [-0.4, -0.2) is 12.1 Å². The Morgan fingerprint density at radius 3 is 2.81 bits per heavy atom. The van der Waals surface area contributed by atoms with Gasteiger partial charge in [0.2, 0.25) is 0 Å². The zero-order valence-electron chi connectivity index (χ0n) is 9.73. The molecule has 0 aromatic carbocycles. The zero-order valence-corrected chi connectivity index (χ0v) is 9.73. The van der Waals surface area contributed by atoms with E-state index >= 15 is 0 Å². The van der Waals surface area contributed by atoms with Crippen LogP contribution in [0.4, 0.5) is 0 Å². The van der Waals surface area contributed by atoms with E-state index in [1.807, 2.05) is 0 Å². The smallest absolute Gasteiger partial charge is 0.306 e. The number of esters is 1. The van der Waals surface area contributed by atoms with Gasteiger partial charge in [-0.15, -0.1) is 0 Å². The van der Waals surface area contributed by atoms with Crippen LogP contribution in [0.3, 0.4) is 0 Å². The van der Waals surface area contributed by atoms with E-state index in [9.17, 15) is 4.79 Å². The number of fused-ring (bicyclic) bond motifs is 2. The minimum atomic E-state index is 0.00727. The SMILES string of the molecule is O=C1CCC(CCCC2CC3C=CC2C3)O1. The number of cyclic esters (lactones) is 1. The highest BCUT2D eigenvalue weighted by Crippen LogP contribution is 2.45. The predicted octanol–water partition coefficient (Wildman–Crippen LogP) is 3.07. The molecule has 1 saturated heterocycles. The topological polar surface area (TPSA) is 26.3 Å². The van der Waals surface area contributed by atoms with E-state index in [1.54, 1.807) is 0 Å². The first-order chi connectivity index (χ1) is 7.81. The molecule has 3 aliphatic rings. The molecule has 1 saturated carbocycles. The Morgan fingerprint density at radius 2 is 2.19 bits per heavy atom. The van der Waals surface area contributed by atoms with Crippen molar-refractivity contribution in [2.45, 2.75) is 51.0 Å². The zero-order chi connectivity index (χ0) is 11.0. The summed E-state index contributed by atoms with van der Waals surface area (Å²) in [5.74, 6) is 2.69. The number of allylic oxidation sites excluding steroid dienone is 2. The molecule has 2 heteroatoms. The largest absolute Gasteiger partial charge is 0.462 e. The van der Waals surface area contributed by atoms with Crippen molar-refractivity contribution in [2.75, 3.05) is 0 Å². The molecule has 0 radical (unpaired) electrons. The normalized spacial score (nSPS) is 40.6. The number of carbonyl (C=O) groups excluding carboxylic acids is 1. The van der Waals surface area contributed by atoms with Gasteiger partial charge >= 0.3 is 5.97 Å². The van der Waals surface area contributed by atoms with Crippen LogP contribution in [-0.2, 0) is 9.53 Å². The molecule has 0 N–H and O–H groups in total. The van der Waals surface area contributed by atoms with Crippen LogP contribution >= 0.6 is 0 Å². The summed E-state index contributed by atoms with van der Waals surface area (Å²) in [5.41, 5.74) is 0. The van der Waals surface area contributed by atoms with Gasteiger partial charge < -0.3 is 4.74 Å². The molecular weight excluding hydrogens is 200 g/mol. The van der Waals surface area contributed by atoms with Gasteiger partial charge in [0, 0.05) is 6.42 Å². The average molecular weight is 220 g/mol. The maximum absolute atomic E-state index is 10.9. The maximum Gasteiger partial charge on any atom is 0.306 e.